The Labute approximate surface area is 144 Å². The number of carbonyl (C=O) groups is 1. The first-order valence-corrected chi connectivity index (χ1v) is 9.80. The fraction of sp³-hybridized carbons (Fsp3) is 0.611. The maximum atomic E-state index is 12.2. The SMILES string of the molecule is CSc1ccc(NC(=O)N(C)CCCN2CCCCCC2)cc1. The molecular formula is C18H29N3OS. The molecule has 128 valence electrons. The van der Waals surface area contributed by atoms with Crippen LogP contribution in [0.3, 0.4) is 0 Å². The van der Waals surface area contributed by atoms with Gasteiger partial charge >= 0.3 is 6.03 Å². The fourth-order valence-corrected chi connectivity index (χ4v) is 3.29. The average Bonchev–Trinajstić information content (AvgIpc) is 2.84. The first-order chi connectivity index (χ1) is 11.2. The number of thioether (sulfide) groups is 1. The minimum absolute atomic E-state index is 0.0298. The molecule has 1 aliphatic rings. The highest BCUT2D eigenvalue weighted by Crippen LogP contribution is 2.17. The van der Waals surface area contributed by atoms with Crippen molar-refractivity contribution in [1.82, 2.24) is 9.80 Å². The standard InChI is InChI=1S/C18H29N3OS/c1-20(12-7-15-21-13-5-3-4-6-14-21)18(22)19-16-8-10-17(23-2)11-9-16/h8-11H,3-7,12-15H2,1-2H3,(H,19,22). The Morgan fingerprint density at radius 3 is 2.43 bits per heavy atom. The summed E-state index contributed by atoms with van der Waals surface area (Å²) in [7, 11) is 1.87. The second kappa shape index (κ2) is 9.83. The summed E-state index contributed by atoms with van der Waals surface area (Å²) in [6, 6.07) is 7.93. The van der Waals surface area contributed by atoms with Crippen LogP contribution in [-0.2, 0) is 0 Å². The molecule has 1 aromatic rings. The van der Waals surface area contributed by atoms with Crippen molar-refractivity contribution in [2.24, 2.45) is 0 Å². The zero-order chi connectivity index (χ0) is 16.5. The van der Waals surface area contributed by atoms with Crippen molar-refractivity contribution in [2.45, 2.75) is 37.0 Å². The van der Waals surface area contributed by atoms with Crippen LogP contribution in [-0.4, -0.2) is 55.3 Å². The highest BCUT2D eigenvalue weighted by molar-refractivity contribution is 7.98. The topological polar surface area (TPSA) is 35.6 Å². The molecule has 0 bridgehead atoms. The van der Waals surface area contributed by atoms with Crippen molar-refractivity contribution in [3.63, 3.8) is 0 Å². The summed E-state index contributed by atoms with van der Waals surface area (Å²) in [4.78, 5) is 17.7. The second-order valence-electron chi connectivity index (χ2n) is 6.19. The number of hydrogen-bond acceptors (Lipinski definition) is 3. The summed E-state index contributed by atoms with van der Waals surface area (Å²) in [5.41, 5.74) is 0.854. The third-order valence-electron chi connectivity index (χ3n) is 4.35. The molecule has 1 fully saturated rings. The van der Waals surface area contributed by atoms with Gasteiger partial charge in [0.25, 0.3) is 0 Å². The first kappa shape index (κ1) is 18.1. The molecule has 0 spiro atoms. The van der Waals surface area contributed by atoms with Crippen LogP contribution in [0.15, 0.2) is 29.2 Å². The normalized spacial score (nSPS) is 15.9. The maximum Gasteiger partial charge on any atom is 0.321 e. The fourth-order valence-electron chi connectivity index (χ4n) is 2.89. The van der Waals surface area contributed by atoms with Crippen LogP contribution < -0.4 is 5.32 Å². The Kier molecular flexibility index (Phi) is 7.76. The van der Waals surface area contributed by atoms with Gasteiger partial charge in [0.1, 0.15) is 0 Å². The highest BCUT2D eigenvalue weighted by Gasteiger charge is 2.11. The lowest BCUT2D eigenvalue weighted by Gasteiger charge is -2.22. The third-order valence-corrected chi connectivity index (χ3v) is 5.10. The summed E-state index contributed by atoms with van der Waals surface area (Å²) in [5, 5.41) is 2.96. The lowest BCUT2D eigenvalue weighted by molar-refractivity contribution is 0.215. The monoisotopic (exact) mass is 335 g/mol. The van der Waals surface area contributed by atoms with Crippen LogP contribution in [0.1, 0.15) is 32.1 Å². The molecule has 23 heavy (non-hydrogen) atoms. The number of benzene rings is 1. The van der Waals surface area contributed by atoms with Gasteiger partial charge in [0, 0.05) is 24.2 Å². The van der Waals surface area contributed by atoms with Gasteiger partial charge in [-0.05, 0) is 69.4 Å². The lowest BCUT2D eigenvalue weighted by atomic mass is 10.2. The van der Waals surface area contributed by atoms with Crippen molar-refractivity contribution >= 4 is 23.5 Å². The molecule has 0 radical (unpaired) electrons. The minimum Gasteiger partial charge on any atom is -0.328 e. The Bertz CT molecular complexity index is 470. The predicted octanol–water partition coefficient (Wildman–Crippen LogP) is 4.14. The zero-order valence-electron chi connectivity index (χ0n) is 14.4. The molecule has 0 atom stereocenters. The maximum absolute atomic E-state index is 12.2. The minimum atomic E-state index is -0.0298. The van der Waals surface area contributed by atoms with Gasteiger partial charge < -0.3 is 15.1 Å². The largest absolute Gasteiger partial charge is 0.328 e. The summed E-state index contributed by atoms with van der Waals surface area (Å²) in [5.74, 6) is 0. The molecule has 1 N–H and O–H groups in total. The first-order valence-electron chi connectivity index (χ1n) is 8.57. The van der Waals surface area contributed by atoms with E-state index in [4.69, 9.17) is 0 Å². The molecule has 0 saturated carbocycles. The van der Waals surface area contributed by atoms with E-state index in [0.29, 0.717) is 0 Å². The predicted molar refractivity (Wildman–Crippen MR) is 99.4 cm³/mol. The van der Waals surface area contributed by atoms with Crippen molar-refractivity contribution in [3.8, 4) is 0 Å². The number of likely N-dealkylation sites (tertiary alicyclic amines) is 1. The van der Waals surface area contributed by atoms with Crippen LogP contribution in [0.4, 0.5) is 10.5 Å². The molecule has 0 unspecified atom stereocenters. The van der Waals surface area contributed by atoms with E-state index in [1.54, 1.807) is 16.7 Å². The van der Waals surface area contributed by atoms with Gasteiger partial charge in [-0.25, -0.2) is 4.79 Å². The number of nitrogens with zero attached hydrogens (tertiary/aromatic N) is 2. The van der Waals surface area contributed by atoms with Crippen molar-refractivity contribution < 1.29 is 4.79 Å². The van der Waals surface area contributed by atoms with Crippen LogP contribution >= 0.6 is 11.8 Å². The van der Waals surface area contributed by atoms with E-state index in [1.165, 1.54) is 43.7 Å². The Balaban J connectivity index is 1.69. The van der Waals surface area contributed by atoms with E-state index in [-0.39, 0.29) is 6.03 Å². The van der Waals surface area contributed by atoms with Crippen molar-refractivity contribution in [3.05, 3.63) is 24.3 Å². The molecule has 1 aliphatic heterocycles. The van der Waals surface area contributed by atoms with Crippen molar-refractivity contribution in [1.29, 1.82) is 0 Å². The van der Waals surface area contributed by atoms with Crippen LogP contribution in [0.5, 0.6) is 0 Å². The van der Waals surface area contributed by atoms with Gasteiger partial charge in [-0.2, -0.15) is 0 Å². The molecule has 1 saturated heterocycles. The van der Waals surface area contributed by atoms with Crippen LogP contribution in [0.2, 0.25) is 0 Å². The number of anilines is 1. The molecule has 2 amide bonds. The summed E-state index contributed by atoms with van der Waals surface area (Å²) in [6.07, 6.45) is 8.47. The molecule has 1 aromatic carbocycles. The number of urea groups is 1. The van der Waals surface area contributed by atoms with Crippen LogP contribution in [0.25, 0.3) is 0 Å². The summed E-state index contributed by atoms with van der Waals surface area (Å²) >= 11 is 1.70. The molecule has 0 aromatic heterocycles. The number of amides is 2. The summed E-state index contributed by atoms with van der Waals surface area (Å²) in [6.45, 7) is 4.33. The Morgan fingerprint density at radius 2 is 1.83 bits per heavy atom. The van der Waals surface area contributed by atoms with Gasteiger partial charge in [0.2, 0.25) is 0 Å². The quantitative estimate of drug-likeness (QED) is 0.794. The number of carbonyl (C=O) groups excluding carboxylic acids is 1. The van der Waals surface area contributed by atoms with E-state index in [0.717, 1.165) is 25.2 Å². The summed E-state index contributed by atoms with van der Waals surface area (Å²) < 4.78 is 0. The molecule has 1 heterocycles. The molecule has 5 heteroatoms. The molecule has 0 aliphatic carbocycles. The zero-order valence-corrected chi connectivity index (χ0v) is 15.2. The smallest absolute Gasteiger partial charge is 0.321 e. The number of rotatable bonds is 6. The van der Waals surface area contributed by atoms with Gasteiger partial charge in [0.15, 0.2) is 0 Å². The van der Waals surface area contributed by atoms with E-state index in [2.05, 4.69) is 10.2 Å². The van der Waals surface area contributed by atoms with Gasteiger partial charge in [0.05, 0.1) is 0 Å². The third kappa shape index (κ3) is 6.43. The van der Waals surface area contributed by atoms with Gasteiger partial charge in [-0.15, -0.1) is 11.8 Å². The van der Waals surface area contributed by atoms with E-state index >= 15 is 0 Å². The molecule has 4 nitrogen and oxygen atoms in total. The van der Waals surface area contributed by atoms with E-state index < -0.39 is 0 Å². The van der Waals surface area contributed by atoms with Crippen molar-refractivity contribution in [2.75, 3.05) is 44.8 Å². The Hall–Kier alpha value is -1.20. The van der Waals surface area contributed by atoms with E-state index in [1.807, 2.05) is 37.6 Å². The van der Waals surface area contributed by atoms with Crippen LogP contribution in [0, 0.1) is 0 Å². The Morgan fingerprint density at radius 1 is 1.17 bits per heavy atom. The second-order valence-corrected chi connectivity index (χ2v) is 7.07. The van der Waals surface area contributed by atoms with E-state index in [9.17, 15) is 4.79 Å². The number of nitrogens with one attached hydrogen (secondary N) is 1. The number of hydrogen-bond donors (Lipinski definition) is 1. The lowest BCUT2D eigenvalue weighted by Crippen LogP contribution is -2.34. The molecular weight excluding hydrogens is 306 g/mol. The highest BCUT2D eigenvalue weighted by atomic mass is 32.2. The average molecular weight is 336 g/mol. The van der Waals surface area contributed by atoms with Gasteiger partial charge in [-0.1, -0.05) is 12.8 Å². The molecule has 2 rings (SSSR count). The van der Waals surface area contributed by atoms with Gasteiger partial charge in [-0.3, -0.25) is 0 Å².